The van der Waals surface area contributed by atoms with Crippen LogP contribution in [-0.2, 0) is 90.3 Å². The molecule has 7 aliphatic heterocycles. The second-order valence-electron chi connectivity index (χ2n) is 37.8. The molecule has 0 bridgehead atoms. The minimum Gasteiger partial charge on any atom is -0.477 e. The zero-order chi connectivity index (χ0) is 102. The quantitative estimate of drug-likeness (QED) is 0.0204. The van der Waals surface area contributed by atoms with E-state index in [9.17, 15) is 141 Å². The van der Waals surface area contributed by atoms with Crippen molar-refractivity contribution in [2.45, 2.75) is 485 Å². The van der Waals surface area contributed by atoms with E-state index in [1.807, 2.05) is 6.08 Å². The van der Waals surface area contributed by atoms with Gasteiger partial charge in [0.2, 0.25) is 23.6 Å². The van der Waals surface area contributed by atoms with Crippen molar-refractivity contribution in [3.63, 3.8) is 0 Å². The molecule has 0 saturated carbocycles. The number of aliphatic hydroxyl groups is 22. The Balaban J connectivity index is 0.984. The molecule has 810 valence electrons. The monoisotopic (exact) mass is 2010 g/mol. The van der Waals surface area contributed by atoms with Gasteiger partial charge in [-0.05, 0) is 19.3 Å². The standard InChI is InChI=1S/C93H166N4O42/c1-5-7-9-11-13-15-17-19-20-21-22-23-24-25-26-28-30-32-34-36-38-40-63(111)96-53(54(108)39-37-35-33-31-29-27-18-16-14-12-10-8-6-2)50-126-88-75(120)73(118)81(61(47-103)131-88)135-89-76(121)74(119)80(62(48-104)132-89)133-87-67(95-52(4)107)82(69(114)57(43-99)127-87)136-90-77(122)84(70(115)58(44-100)128-90)137-86-66(94-51(3)106)72(117)79(60(46-102)130-86)134-91-78(123)85(71(116)59(45-101)129-91)139-93(92(124)125)41-55(109)65(97-64(112)49-105)83(138-93)68(113)56(110)42-98/h37,39,53-62,65-91,98-105,108-110,113-123H,5-36,38,40-50H2,1-4H3,(H,94,106)(H,95,107)(H,96,111)(H,97,112)(H,124,125)/b39-37+/t53-,54+,55?,56+,57?,58?,59?,60?,61?,62?,65+,66?,67?,68+,69-,70-,71-,72+,73+,74+,75?,76?,77?,78?,79+,80-,81+,82+,83?,84-,85-,86-,87-,88+,89-,90-,91-,93-/m0/s1. The fourth-order valence-electron chi connectivity index (χ4n) is 18.8. The number of unbranched alkanes of at least 4 members (excludes halogenated alkanes) is 31. The van der Waals surface area contributed by atoms with E-state index < -0.39 is 322 Å². The Morgan fingerprint density at radius 3 is 1.19 bits per heavy atom. The van der Waals surface area contributed by atoms with Gasteiger partial charge >= 0.3 is 5.97 Å². The molecule has 7 saturated heterocycles. The largest absolute Gasteiger partial charge is 0.477 e. The zero-order valence-corrected chi connectivity index (χ0v) is 80.7. The summed E-state index contributed by atoms with van der Waals surface area (Å²) in [6, 6.07) is -6.86. The van der Waals surface area contributed by atoms with E-state index in [-0.39, 0.29) is 12.3 Å². The number of nitrogens with one attached hydrogen (secondary N) is 4. The number of aliphatic hydroxyl groups excluding tert-OH is 22. The van der Waals surface area contributed by atoms with Crippen LogP contribution < -0.4 is 21.3 Å². The Hall–Kier alpha value is -4.35. The van der Waals surface area contributed by atoms with Crippen LogP contribution in [0, 0.1) is 0 Å². The second kappa shape index (κ2) is 64.0. The second-order valence-corrected chi connectivity index (χ2v) is 37.8. The van der Waals surface area contributed by atoms with Crippen LogP contribution in [0.2, 0.25) is 0 Å². The third-order valence-electron chi connectivity index (χ3n) is 26.8. The van der Waals surface area contributed by atoms with Gasteiger partial charge in [0.15, 0.2) is 37.7 Å². The molecular formula is C93H166N4O42. The van der Waals surface area contributed by atoms with Crippen LogP contribution in [0.25, 0.3) is 0 Å². The maximum Gasteiger partial charge on any atom is 0.364 e. The predicted molar refractivity (Wildman–Crippen MR) is 484 cm³/mol. The predicted octanol–water partition coefficient (Wildman–Crippen LogP) is -3.94. The Morgan fingerprint density at radius 1 is 0.381 bits per heavy atom. The van der Waals surface area contributed by atoms with E-state index in [2.05, 4.69) is 35.1 Å². The normalized spacial score (nSPS) is 36.0. The number of aliphatic carboxylic acids is 1. The lowest BCUT2D eigenvalue weighted by molar-refractivity contribution is -0.391. The topological polar surface area (TPSA) is 728 Å². The van der Waals surface area contributed by atoms with Gasteiger partial charge in [-0.3, -0.25) is 19.2 Å². The fourth-order valence-corrected chi connectivity index (χ4v) is 18.8. The third kappa shape index (κ3) is 36.6. The molecule has 0 aromatic rings. The van der Waals surface area contributed by atoms with Crippen LogP contribution in [0.5, 0.6) is 0 Å². The molecule has 7 fully saturated rings. The van der Waals surface area contributed by atoms with E-state index in [1.54, 1.807) is 6.08 Å². The zero-order valence-electron chi connectivity index (χ0n) is 80.7. The van der Waals surface area contributed by atoms with Gasteiger partial charge in [0.05, 0.1) is 77.1 Å². The summed E-state index contributed by atoms with van der Waals surface area (Å²) in [5.74, 6) is -8.94. The van der Waals surface area contributed by atoms with Gasteiger partial charge in [-0.15, -0.1) is 0 Å². The van der Waals surface area contributed by atoms with Crippen LogP contribution in [-0.4, -0.2) is 439 Å². The summed E-state index contributed by atoms with van der Waals surface area (Å²) in [5.41, 5.74) is 0. The van der Waals surface area contributed by atoms with Gasteiger partial charge < -0.3 is 205 Å². The van der Waals surface area contributed by atoms with E-state index in [0.717, 1.165) is 65.2 Å². The molecule has 0 spiro atoms. The van der Waals surface area contributed by atoms with Gasteiger partial charge in [-0.25, -0.2) is 4.79 Å². The van der Waals surface area contributed by atoms with Crippen LogP contribution in [0.15, 0.2) is 12.2 Å². The van der Waals surface area contributed by atoms with Crippen LogP contribution >= 0.6 is 0 Å². The molecule has 0 aromatic carbocycles. The highest BCUT2D eigenvalue weighted by atomic mass is 16.8. The smallest absolute Gasteiger partial charge is 0.364 e. The Morgan fingerprint density at radius 2 is 0.741 bits per heavy atom. The molecule has 7 aliphatic rings. The molecule has 0 aromatic heterocycles. The molecule has 38 atom stereocenters. The lowest BCUT2D eigenvalue weighted by Gasteiger charge is -2.51. The molecule has 7 rings (SSSR count). The molecule has 7 heterocycles. The summed E-state index contributed by atoms with van der Waals surface area (Å²) in [4.78, 5) is 65.5. The average molecular weight is 2010 g/mol. The Bertz CT molecular complexity index is 3430. The number of hydrogen-bond donors (Lipinski definition) is 27. The first-order valence-electron chi connectivity index (χ1n) is 50.3. The van der Waals surface area contributed by atoms with Crippen molar-refractivity contribution in [3.05, 3.63) is 12.2 Å². The molecule has 0 radical (unpaired) electrons. The minimum absolute atomic E-state index is 0.155. The number of carbonyl (C=O) groups excluding carboxylic acids is 4. The summed E-state index contributed by atoms with van der Waals surface area (Å²) in [6.45, 7) is -3.29. The average Bonchev–Trinajstić information content (AvgIpc) is 0.773. The summed E-state index contributed by atoms with van der Waals surface area (Å²) in [6.07, 6.45) is -27.8. The first kappa shape index (κ1) is 122. The van der Waals surface area contributed by atoms with Crippen molar-refractivity contribution in [2.24, 2.45) is 0 Å². The van der Waals surface area contributed by atoms with E-state index in [0.29, 0.717) is 12.8 Å². The van der Waals surface area contributed by atoms with Crippen LogP contribution in [0.4, 0.5) is 0 Å². The van der Waals surface area contributed by atoms with Gasteiger partial charge in [-0.1, -0.05) is 219 Å². The third-order valence-corrected chi connectivity index (χ3v) is 26.8. The maximum atomic E-state index is 13.6. The molecule has 14 unspecified atom stereocenters. The molecule has 0 aliphatic carbocycles. The number of carbonyl (C=O) groups is 5. The number of amides is 4. The number of rotatable bonds is 66. The Kier molecular flexibility index (Phi) is 56.0. The molecule has 46 nitrogen and oxygen atoms in total. The number of carboxylic acids is 1. The maximum absolute atomic E-state index is 13.6. The summed E-state index contributed by atoms with van der Waals surface area (Å²) < 4.78 is 83.1. The van der Waals surface area contributed by atoms with Crippen LogP contribution in [0.1, 0.15) is 252 Å². The molecule has 139 heavy (non-hydrogen) atoms. The van der Waals surface area contributed by atoms with Crippen molar-refractivity contribution in [1.82, 2.24) is 21.3 Å². The van der Waals surface area contributed by atoms with Gasteiger partial charge in [0.1, 0.15) is 171 Å². The lowest BCUT2D eigenvalue weighted by Crippen LogP contribution is -2.71. The summed E-state index contributed by atoms with van der Waals surface area (Å²) in [5, 5.41) is 267. The van der Waals surface area contributed by atoms with E-state index >= 15 is 0 Å². The SMILES string of the molecule is CCCCCCCCCCCCC/C=C/[C@@H](O)[C@H](CO[C@@H]1OC(CO)[C@@H](O[C@@H]2OC(CO)[C@H](O[C@@H]3OC(CO)[C@H](O)[C@H](O[C@@H]4OC(CO)[C@H](O)[C@H](O[C@@H]5OC(CO)[C@@H](O[C@@H]6OC(CO)[C@H](O)[C@H](O[C@]7(C(=O)O)CC(O)[C@@H](NC(=O)CO)C([C@H](O)[C@H](O)CO)O7)C6O)[C@H](O)C5NC(C)=O)C4O)C3NC(C)=O)[C@H](O)C2O)[C@H](O)C1O)NC(=O)CCCCCCCCCCCCCCCCCCCCCCC. The van der Waals surface area contributed by atoms with Crippen molar-refractivity contribution >= 4 is 29.6 Å². The highest BCUT2D eigenvalue weighted by Gasteiger charge is 2.63. The van der Waals surface area contributed by atoms with Crippen molar-refractivity contribution in [2.75, 3.05) is 59.5 Å². The van der Waals surface area contributed by atoms with Gasteiger partial charge in [-0.2, -0.15) is 0 Å². The molecule has 27 N–H and O–H groups in total. The number of carboxylic acid groups (broad SMARTS) is 1. The minimum atomic E-state index is -3.31. The molecule has 46 heteroatoms. The number of allylic oxidation sites excluding steroid dienone is 1. The van der Waals surface area contributed by atoms with Crippen molar-refractivity contribution < 1.29 is 208 Å². The molecule has 4 amide bonds. The van der Waals surface area contributed by atoms with E-state index in [1.165, 1.54) is 148 Å². The fraction of sp³-hybridized carbons (Fsp3) is 0.925. The highest BCUT2D eigenvalue weighted by Crippen LogP contribution is 2.42. The van der Waals surface area contributed by atoms with Crippen molar-refractivity contribution in [1.29, 1.82) is 0 Å². The summed E-state index contributed by atoms with van der Waals surface area (Å²) in [7, 11) is 0. The summed E-state index contributed by atoms with van der Waals surface area (Å²) >= 11 is 0. The van der Waals surface area contributed by atoms with Gasteiger partial charge in [0, 0.05) is 26.7 Å². The highest BCUT2D eigenvalue weighted by molar-refractivity contribution is 5.78. The lowest BCUT2D eigenvalue weighted by atomic mass is 9.88. The first-order chi connectivity index (χ1) is 66.7. The molecular weight excluding hydrogens is 1850 g/mol. The van der Waals surface area contributed by atoms with Crippen molar-refractivity contribution in [3.8, 4) is 0 Å². The number of hydrogen-bond acceptors (Lipinski definition) is 41. The Labute approximate surface area is 811 Å². The number of ether oxygens (including phenoxy) is 14. The first-order valence-corrected chi connectivity index (χ1v) is 50.3. The van der Waals surface area contributed by atoms with Crippen LogP contribution in [0.3, 0.4) is 0 Å². The van der Waals surface area contributed by atoms with Gasteiger partial charge in [0.25, 0.3) is 5.79 Å². The van der Waals surface area contributed by atoms with E-state index in [4.69, 9.17) is 66.3 Å².